The molecule has 3 nitrogen and oxygen atoms in total. The van der Waals surface area contributed by atoms with Crippen LogP contribution in [0, 0.1) is 0 Å². The van der Waals surface area contributed by atoms with Gasteiger partial charge in [-0.1, -0.05) is 20.3 Å². The fourth-order valence-electron chi connectivity index (χ4n) is 1.67. The molecule has 2 N–H and O–H groups in total. The molecule has 1 heterocycles. The molecule has 3 heteroatoms. The normalized spacial score (nSPS) is 33.9. The lowest BCUT2D eigenvalue weighted by Gasteiger charge is -2.26. The van der Waals surface area contributed by atoms with Crippen LogP contribution in [-0.4, -0.2) is 25.0 Å². The Hall–Kier alpha value is -0.120. The lowest BCUT2D eigenvalue weighted by atomic mass is 10.1. The fraction of sp³-hybridized carbons (Fsp3) is 1.00. The molecule has 1 fully saturated rings. The van der Waals surface area contributed by atoms with Gasteiger partial charge in [-0.15, -0.1) is 0 Å². The second-order valence-corrected chi connectivity index (χ2v) is 3.65. The zero-order valence-electron chi connectivity index (χ0n) is 8.71. The fourth-order valence-corrected chi connectivity index (χ4v) is 1.67. The highest BCUT2D eigenvalue weighted by Crippen LogP contribution is 2.31. The number of ether oxygens (including phenoxy) is 2. The Morgan fingerprint density at radius 2 is 2.23 bits per heavy atom. The maximum Gasteiger partial charge on any atom is 0.168 e. The highest BCUT2D eigenvalue weighted by Gasteiger charge is 2.38. The Balaban J connectivity index is 2.42. The Morgan fingerprint density at radius 1 is 1.46 bits per heavy atom. The minimum Gasteiger partial charge on any atom is -0.347 e. The number of rotatable bonds is 5. The van der Waals surface area contributed by atoms with Crippen molar-refractivity contribution in [3.63, 3.8) is 0 Å². The molecule has 1 aliphatic heterocycles. The first-order valence-electron chi connectivity index (χ1n) is 5.28. The first kappa shape index (κ1) is 11.0. The van der Waals surface area contributed by atoms with E-state index in [9.17, 15) is 0 Å². The molecule has 0 spiro atoms. The highest BCUT2D eigenvalue weighted by atomic mass is 16.7. The van der Waals surface area contributed by atoms with E-state index in [1.165, 1.54) is 6.42 Å². The van der Waals surface area contributed by atoms with E-state index in [1.54, 1.807) is 0 Å². The largest absolute Gasteiger partial charge is 0.347 e. The topological polar surface area (TPSA) is 44.5 Å². The van der Waals surface area contributed by atoms with Crippen LogP contribution in [0.15, 0.2) is 0 Å². The van der Waals surface area contributed by atoms with E-state index in [0.29, 0.717) is 13.2 Å². The molecule has 1 aliphatic rings. The SMILES string of the molecule is CCCCC1(CC)OCC(CN)O1. The monoisotopic (exact) mass is 187 g/mol. The van der Waals surface area contributed by atoms with Crippen molar-refractivity contribution in [2.45, 2.75) is 51.4 Å². The molecule has 2 atom stereocenters. The van der Waals surface area contributed by atoms with Crippen molar-refractivity contribution in [2.24, 2.45) is 5.73 Å². The molecule has 2 unspecified atom stereocenters. The van der Waals surface area contributed by atoms with Gasteiger partial charge in [-0.2, -0.15) is 0 Å². The predicted molar refractivity (Wildman–Crippen MR) is 52.4 cm³/mol. The van der Waals surface area contributed by atoms with Gasteiger partial charge in [-0.3, -0.25) is 0 Å². The van der Waals surface area contributed by atoms with Crippen LogP contribution in [0.5, 0.6) is 0 Å². The smallest absolute Gasteiger partial charge is 0.168 e. The first-order chi connectivity index (χ1) is 6.26. The van der Waals surface area contributed by atoms with Crippen LogP contribution in [0.25, 0.3) is 0 Å². The minimum atomic E-state index is -0.319. The lowest BCUT2D eigenvalue weighted by Crippen LogP contribution is -2.31. The summed E-state index contributed by atoms with van der Waals surface area (Å²) in [6.07, 6.45) is 4.36. The van der Waals surface area contributed by atoms with Crippen LogP contribution in [0.2, 0.25) is 0 Å². The molecular weight excluding hydrogens is 166 g/mol. The number of nitrogens with two attached hydrogens (primary N) is 1. The number of hydrogen-bond acceptors (Lipinski definition) is 3. The van der Waals surface area contributed by atoms with E-state index in [2.05, 4.69) is 13.8 Å². The Kier molecular flexibility index (Phi) is 4.16. The van der Waals surface area contributed by atoms with Gasteiger partial charge in [0.1, 0.15) is 0 Å². The van der Waals surface area contributed by atoms with E-state index in [1.807, 2.05) is 0 Å². The summed E-state index contributed by atoms with van der Waals surface area (Å²) in [5.74, 6) is -0.319. The van der Waals surface area contributed by atoms with E-state index in [0.717, 1.165) is 19.3 Å². The van der Waals surface area contributed by atoms with Gasteiger partial charge in [0, 0.05) is 13.0 Å². The molecule has 0 bridgehead atoms. The van der Waals surface area contributed by atoms with Crippen LogP contribution in [-0.2, 0) is 9.47 Å². The summed E-state index contributed by atoms with van der Waals surface area (Å²) in [6.45, 7) is 5.51. The summed E-state index contributed by atoms with van der Waals surface area (Å²) >= 11 is 0. The van der Waals surface area contributed by atoms with Crippen LogP contribution < -0.4 is 5.73 Å². The second-order valence-electron chi connectivity index (χ2n) is 3.65. The zero-order valence-corrected chi connectivity index (χ0v) is 8.71. The quantitative estimate of drug-likeness (QED) is 0.712. The van der Waals surface area contributed by atoms with Gasteiger partial charge in [0.25, 0.3) is 0 Å². The second kappa shape index (κ2) is 4.94. The van der Waals surface area contributed by atoms with E-state index in [-0.39, 0.29) is 11.9 Å². The maximum atomic E-state index is 5.80. The Bertz CT molecular complexity index is 152. The van der Waals surface area contributed by atoms with Gasteiger partial charge >= 0.3 is 0 Å². The molecule has 0 aromatic rings. The lowest BCUT2D eigenvalue weighted by molar-refractivity contribution is -0.174. The van der Waals surface area contributed by atoms with Crippen molar-refractivity contribution in [3.05, 3.63) is 0 Å². The Labute approximate surface area is 80.6 Å². The van der Waals surface area contributed by atoms with Crippen LogP contribution >= 0.6 is 0 Å². The van der Waals surface area contributed by atoms with Crippen molar-refractivity contribution in [3.8, 4) is 0 Å². The van der Waals surface area contributed by atoms with Crippen molar-refractivity contribution in [1.29, 1.82) is 0 Å². The summed E-state index contributed by atoms with van der Waals surface area (Å²) in [7, 11) is 0. The molecule has 1 saturated heterocycles. The highest BCUT2D eigenvalue weighted by molar-refractivity contribution is 4.78. The summed E-state index contributed by atoms with van der Waals surface area (Å²) in [4.78, 5) is 0. The average molecular weight is 187 g/mol. The summed E-state index contributed by atoms with van der Waals surface area (Å²) in [5, 5.41) is 0. The van der Waals surface area contributed by atoms with Gasteiger partial charge < -0.3 is 15.2 Å². The standard InChI is InChI=1S/C10H21NO2/c1-3-5-6-10(4-2)12-8-9(7-11)13-10/h9H,3-8,11H2,1-2H3. The number of unbranched alkanes of at least 4 members (excludes halogenated alkanes) is 1. The molecule has 0 aromatic heterocycles. The van der Waals surface area contributed by atoms with Crippen molar-refractivity contribution in [2.75, 3.05) is 13.2 Å². The molecule has 0 aromatic carbocycles. The third-order valence-corrected chi connectivity index (χ3v) is 2.63. The van der Waals surface area contributed by atoms with Gasteiger partial charge in [-0.05, 0) is 12.8 Å². The third kappa shape index (κ3) is 2.66. The average Bonchev–Trinajstić information content (AvgIpc) is 2.59. The molecule has 78 valence electrons. The molecule has 0 saturated carbocycles. The van der Waals surface area contributed by atoms with Crippen molar-refractivity contribution >= 4 is 0 Å². The minimum absolute atomic E-state index is 0.108. The van der Waals surface area contributed by atoms with Gasteiger partial charge in [-0.25, -0.2) is 0 Å². The van der Waals surface area contributed by atoms with Crippen LogP contribution in [0.3, 0.4) is 0 Å². The summed E-state index contributed by atoms with van der Waals surface area (Å²) in [5.41, 5.74) is 5.53. The Morgan fingerprint density at radius 3 is 2.69 bits per heavy atom. The van der Waals surface area contributed by atoms with Crippen molar-refractivity contribution < 1.29 is 9.47 Å². The van der Waals surface area contributed by atoms with Gasteiger partial charge in [0.2, 0.25) is 0 Å². The zero-order chi connectivity index (χ0) is 9.73. The molecule has 0 amide bonds. The van der Waals surface area contributed by atoms with Crippen molar-refractivity contribution in [1.82, 2.24) is 0 Å². The maximum absolute atomic E-state index is 5.80. The van der Waals surface area contributed by atoms with E-state index < -0.39 is 0 Å². The number of hydrogen-bond donors (Lipinski definition) is 1. The first-order valence-corrected chi connectivity index (χ1v) is 5.28. The van der Waals surface area contributed by atoms with Gasteiger partial charge in [0.05, 0.1) is 12.7 Å². The summed E-state index contributed by atoms with van der Waals surface area (Å²) < 4.78 is 11.5. The van der Waals surface area contributed by atoms with E-state index in [4.69, 9.17) is 15.2 Å². The van der Waals surface area contributed by atoms with Crippen LogP contribution in [0.1, 0.15) is 39.5 Å². The summed E-state index contributed by atoms with van der Waals surface area (Å²) in [6, 6.07) is 0. The predicted octanol–water partition coefficient (Wildman–Crippen LogP) is 1.66. The molecule has 0 radical (unpaired) electrons. The molecule has 1 rings (SSSR count). The van der Waals surface area contributed by atoms with E-state index >= 15 is 0 Å². The molecular formula is C10H21NO2. The molecule has 13 heavy (non-hydrogen) atoms. The molecule has 0 aliphatic carbocycles. The third-order valence-electron chi connectivity index (χ3n) is 2.63. The van der Waals surface area contributed by atoms with Crippen LogP contribution in [0.4, 0.5) is 0 Å². The van der Waals surface area contributed by atoms with Gasteiger partial charge in [0.15, 0.2) is 5.79 Å².